The number of hydrogen-bond acceptors (Lipinski definition) is 1. The summed E-state index contributed by atoms with van der Waals surface area (Å²) in [5, 5.41) is 3.14. The number of hydrogen-bond donors (Lipinski definition) is 1. The first-order valence-electron chi connectivity index (χ1n) is 12.4. The van der Waals surface area contributed by atoms with Gasteiger partial charge in [-0.25, -0.2) is 0 Å². The summed E-state index contributed by atoms with van der Waals surface area (Å²) in [7, 11) is 0. The van der Waals surface area contributed by atoms with Gasteiger partial charge in [-0.15, -0.1) is 0 Å². The summed E-state index contributed by atoms with van der Waals surface area (Å²) in [6.45, 7) is 16.7. The quantitative estimate of drug-likeness (QED) is 0.226. The molecule has 0 saturated carbocycles. The predicted octanol–water partition coefficient (Wildman–Crippen LogP) is 8.54. The zero-order valence-electron chi connectivity index (χ0n) is 20.8. The molecule has 0 spiro atoms. The van der Waals surface area contributed by atoms with Crippen LogP contribution in [-0.4, -0.2) is 5.91 Å². The van der Waals surface area contributed by atoms with Crippen LogP contribution in [0.3, 0.4) is 0 Å². The first-order chi connectivity index (χ1) is 14.3. The van der Waals surface area contributed by atoms with Crippen molar-refractivity contribution in [1.82, 2.24) is 0 Å². The summed E-state index contributed by atoms with van der Waals surface area (Å²) < 4.78 is 0. The second-order valence-electron chi connectivity index (χ2n) is 9.12. The van der Waals surface area contributed by atoms with Crippen LogP contribution in [0.1, 0.15) is 119 Å². The number of carbonyl (C=O) groups excluding carboxylic acids is 1. The van der Waals surface area contributed by atoms with Crippen LogP contribution in [0.15, 0.2) is 12.2 Å². The lowest BCUT2D eigenvalue weighted by Gasteiger charge is -2.23. The topological polar surface area (TPSA) is 29.1 Å². The molecule has 0 radical (unpaired) electrons. The Bertz CT molecular complexity index is 687. The highest BCUT2D eigenvalue weighted by Gasteiger charge is 2.18. The predicted molar refractivity (Wildman–Crippen MR) is 134 cm³/mol. The average molecular weight is 414 g/mol. The maximum absolute atomic E-state index is 12.3. The Kier molecular flexibility index (Phi) is 12.7. The van der Waals surface area contributed by atoms with Crippen LogP contribution in [0.4, 0.5) is 5.69 Å². The van der Waals surface area contributed by atoms with Crippen LogP contribution in [0, 0.1) is 20.8 Å². The van der Waals surface area contributed by atoms with E-state index in [2.05, 4.69) is 46.5 Å². The average Bonchev–Trinajstić information content (AvgIpc) is 2.72. The normalized spacial score (nSPS) is 11.0. The lowest BCUT2D eigenvalue weighted by atomic mass is 9.87. The molecule has 0 fully saturated rings. The van der Waals surface area contributed by atoms with E-state index < -0.39 is 0 Å². The molecule has 0 atom stereocenters. The molecule has 1 N–H and O–H groups in total. The minimum atomic E-state index is -0.0725. The van der Waals surface area contributed by atoms with Crippen LogP contribution in [0.2, 0.25) is 0 Å². The summed E-state index contributed by atoms with van der Waals surface area (Å²) >= 11 is 0. The number of anilines is 1. The Labute approximate surface area is 186 Å². The van der Waals surface area contributed by atoms with E-state index in [-0.39, 0.29) is 5.91 Å². The summed E-state index contributed by atoms with van der Waals surface area (Å²) in [4.78, 5) is 12.3. The van der Waals surface area contributed by atoms with Gasteiger partial charge < -0.3 is 5.32 Å². The molecule has 0 aliphatic heterocycles. The number of nitrogens with one attached hydrogen (secondary N) is 1. The van der Waals surface area contributed by atoms with Crippen LogP contribution in [0.25, 0.3) is 0 Å². The number of unbranched alkanes of at least 4 members (excludes halogenated alkanes) is 9. The van der Waals surface area contributed by atoms with Gasteiger partial charge in [0.15, 0.2) is 0 Å². The second kappa shape index (κ2) is 14.4. The van der Waals surface area contributed by atoms with Gasteiger partial charge in [0.2, 0.25) is 0 Å². The smallest absolute Gasteiger partial charge is 0.250 e. The third kappa shape index (κ3) is 8.28. The first kappa shape index (κ1) is 26.5. The lowest BCUT2D eigenvalue weighted by Crippen LogP contribution is -2.17. The van der Waals surface area contributed by atoms with E-state index in [1.54, 1.807) is 6.92 Å². The van der Waals surface area contributed by atoms with Crippen molar-refractivity contribution in [3.8, 4) is 0 Å². The third-order valence-electron chi connectivity index (χ3n) is 6.50. The molecule has 0 saturated heterocycles. The molecule has 1 rings (SSSR count). The number of rotatable bonds is 15. The fourth-order valence-corrected chi connectivity index (χ4v) is 4.41. The summed E-state index contributed by atoms with van der Waals surface area (Å²) in [5.74, 6) is -0.0725. The fourth-order valence-electron chi connectivity index (χ4n) is 4.41. The van der Waals surface area contributed by atoms with E-state index >= 15 is 0 Å². The van der Waals surface area contributed by atoms with Crippen LogP contribution >= 0.6 is 0 Å². The van der Waals surface area contributed by atoms with Gasteiger partial charge in [-0.1, -0.05) is 84.6 Å². The van der Waals surface area contributed by atoms with Gasteiger partial charge in [0, 0.05) is 11.3 Å². The molecular formula is C28H47NO. The van der Waals surface area contributed by atoms with Gasteiger partial charge in [0.05, 0.1) is 0 Å². The summed E-state index contributed by atoms with van der Waals surface area (Å²) in [5.41, 5.74) is 8.35. The minimum Gasteiger partial charge on any atom is -0.322 e. The zero-order valence-corrected chi connectivity index (χ0v) is 20.8. The standard InChI is InChI=1S/C28H47NO/c1-8-10-11-12-13-14-15-16-17-18-20-25-22(5)23(6)27(29-28(30)21(3)4)26(19-9-2)24(25)7/h3,8-20H2,1-2,4-7H3,(H,29,30). The van der Waals surface area contributed by atoms with E-state index in [9.17, 15) is 4.79 Å². The molecule has 170 valence electrons. The molecule has 0 unspecified atom stereocenters. The van der Waals surface area contributed by atoms with Gasteiger partial charge in [0.1, 0.15) is 0 Å². The van der Waals surface area contributed by atoms with E-state index in [1.807, 2.05) is 0 Å². The van der Waals surface area contributed by atoms with Gasteiger partial charge >= 0.3 is 0 Å². The molecular weight excluding hydrogens is 366 g/mol. The Hall–Kier alpha value is -1.57. The Morgan fingerprint density at radius 1 is 0.700 bits per heavy atom. The maximum atomic E-state index is 12.3. The Balaban J connectivity index is 2.70. The fraction of sp³-hybridized carbons (Fsp3) is 0.679. The van der Waals surface area contributed by atoms with Crippen molar-refractivity contribution in [2.45, 2.75) is 125 Å². The van der Waals surface area contributed by atoms with Gasteiger partial charge in [-0.3, -0.25) is 4.79 Å². The van der Waals surface area contributed by atoms with Crippen molar-refractivity contribution in [2.75, 3.05) is 5.32 Å². The van der Waals surface area contributed by atoms with E-state index in [0.717, 1.165) is 24.9 Å². The zero-order chi connectivity index (χ0) is 22.5. The molecule has 2 heteroatoms. The van der Waals surface area contributed by atoms with Crippen LogP contribution in [0.5, 0.6) is 0 Å². The van der Waals surface area contributed by atoms with Gasteiger partial charge in [0.25, 0.3) is 5.91 Å². The monoisotopic (exact) mass is 413 g/mol. The molecule has 30 heavy (non-hydrogen) atoms. The van der Waals surface area contributed by atoms with Crippen molar-refractivity contribution in [3.63, 3.8) is 0 Å². The van der Waals surface area contributed by atoms with Crippen molar-refractivity contribution in [1.29, 1.82) is 0 Å². The van der Waals surface area contributed by atoms with E-state index in [4.69, 9.17) is 0 Å². The molecule has 1 amide bonds. The maximum Gasteiger partial charge on any atom is 0.250 e. The highest BCUT2D eigenvalue weighted by atomic mass is 16.1. The molecule has 1 aromatic rings. The molecule has 2 nitrogen and oxygen atoms in total. The third-order valence-corrected chi connectivity index (χ3v) is 6.50. The molecule has 1 aromatic carbocycles. The second-order valence-corrected chi connectivity index (χ2v) is 9.12. The van der Waals surface area contributed by atoms with Crippen LogP contribution in [-0.2, 0) is 17.6 Å². The summed E-state index contributed by atoms with van der Waals surface area (Å²) in [6.07, 6.45) is 16.9. The Morgan fingerprint density at radius 2 is 1.23 bits per heavy atom. The molecule has 0 aliphatic carbocycles. The minimum absolute atomic E-state index is 0.0725. The highest BCUT2D eigenvalue weighted by Crippen LogP contribution is 2.33. The highest BCUT2D eigenvalue weighted by molar-refractivity contribution is 6.04. The SMILES string of the molecule is C=C(C)C(=O)Nc1c(C)c(C)c(CCCCCCCCCCCC)c(C)c1CCC. The van der Waals surface area contributed by atoms with Crippen molar-refractivity contribution < 1.29 is 4.79 Å². The van der Waals surface area contributed by atoms with Crippen LogP contribution < -0.4 is 5.32 Å². The lowest BCUT2D eigenvalue weighted by molar-refractivity contribution is -0.112. The Morgan fingerprint density at radius 3 is 1.73 bits per heavy atom. The van der Waals surface area contributed by atoms with Crippen molar-refractivity contribution in [3.05, 3.63) is 40.0 Å². The van der Waals surface area contributed by atoms with E-state index in [1.165, 1.54) is 92.0 Å². The number of amides is 1. The van der Waals surface area contributed by atoms with E-state index in [0.29, 0.717) is 5.57 Å². The number of benzene rings is 1. The van der Waals surface area contributed by atoms with Gasteiger partial charge in [-0.2, -0.15) is 0 Å². The van der Waals surface area contributed by atoms with Crippen molar-refractivity contribution in [2.24, 2.45) is 0 Å². The largest absolute Gasteiger partial charge is 0.322 e. The molecule has 0 heterocycles. The molecule has 0 aliphatic rings. The van der Waals surface area contributed by atoms with Gasteiger partial charge in [-0.05, 0) is 74.8 Å². The molecule has 0 bridgehead atoms. The first-order valence-corrected chi connectivity index (χ1v) is 12.4. The summed E-state index contributed by atoms with van der Waals surface area (Å²) in [6, 6.07) is 0. The van der Waals surface area contributed by atoms with Crippen molar-refractivity contribution >= 4 is 11.6 Å². The number of carbonyl (C=O) groups is 1. The molecule has 0 aromatic heterocycles.